The molecule has 0 unspecified atom stereocenters. The van der Waals surface area contributed by atoms with Crippen LogP contribution in [0.15, 0.2) is 36.7 Å². The van der Waals surface area contributed by atoms with E-state index in [0.29, 0.717) is 6.61 Å². The maximum Gasteiger partial charge on any atom is 0.231 e. The fraction of sp³-hybridized carbons (Fsp3) is 0.267. The third-order valence-electron chi connectivity index (χ3n) is 2.94. The number of hydrogen-bond donors (Lipinski definition) is 1. The Balaban J connectivity index is 1.65. The van der Waals surface area contributed by atoms with Crippen LogP contribution in [0.3, 0.4) is 0 Å². The van der Waals surface area contributed by atoms with E-state index in [9.17, 15) is 0 Å². The van der Waals surface area contributed by atoms with E-state index in [2.05, 4.69) is 10.3 Å². The molecule has 0 saturated carbocycles. The molecule has 0 bridgehead atoms. The average Bonchev–Trinajstić information content (AvgIpc) is 2.93. The highest BCUT2D eigenvalue weighted by molar-refractivity contribution is 5.46. The number of rotatable bonds is 5. The summed E-state index contributed by atoms with van der Waals surface area (Å²) >= 11 is 0. The molecule has 2 heterocycles. The molecule has 0 spiro atoms. The van der Waals surface area contributed by atoms with Crippen molar-refractivity contribution in [2.45, 2.75) is 13.5 Å². The highest BCUT2D eigenvalue weighted by atomic mass is 16.7. The number of nitrogens with one attached hydrogen (secondary N) is 1. The van der Waals surface area contributed by atoms with Crippen LogP contribution in [0.1, 0.15) is 12.5 Å². The van der Waals surface area contributed by atoms with Crippen LogP contribution in [0.4, 0.5) is 5.69 Å². The molecule has 1 aromatic heterocycles. The molecule has 104 valence electrons. The van der Waals surface area contributed by atoms with Gasteiger partial charge in [-0.3, -0.25) is 4.98 Å². The number of ether oxygens (including phenoxy) is 3. The third kappa shape index (κ3) is 2.77. The van der Waals surface area contributed by atoms with Gasteiger partial charge in [0.2, 0.25) is 6.79 Å². The summed E-state index contributed by atoms with van der Waals surface area (Å²) in [4.78, 5) is 4.14. The molecule has 0 atom stereocenters. The quantitative estimate of drug-likeness (QED) is 0.907. The number of aromatic nitrogens is 1. The van der Waals surface area contributed by atoms with Crippen molar-refractivity contribution in [1.82, 2.24) is 4.98 Å². The monoisotopic (exact) mass is 272 g/mol. The average molecular weight is 272 g/mol. The van der Waals surface area contributed by atoms with Gasteiger partial charge >= 0.3 is 0 Å². The second kappa shape index (κ2) is 5.69. The van der Waals surface area contributed by atoms with Crippen molar-refractivity contribution < 1.29 is 14.2 Å². The molecule has 0 aliphatic carbocycles. The van der Waals surface area contributed by atoms with Gasteiger partial charge in [0.25, 0.3) is 0 Å². The highest BCUT2D eigenvalue weighted by Gasteiger charge is 2.13. The van der Waals surface area contributed by atoms with E-state index in [1.165, 1.54) is 0 Å². The maximum absolute atomic E-state index is 5.74. The Morgan fingerprint density at radius 2 is 2.10 bits per heavy atom. The van der Waals surface area contributed by atoms with E-state index in [-0.39, 0.29) is 6.79 Å². The molecule has 20 heavy (non-hydrogen) atoms. The minimum atomic E-state index is 0.286. The molecule has 5 nitrogen and oxygen atoms in total. The lowest BCUT2D eigenvalue weighted by molar-refractivity contribution is 0.174. The Hall–Kier alpha value is -2.43. The maximum atomic E-state index is 5.74. The number of benzene rings is 1. The molecule has 2 aromatic rings. The van der Waals surface area contributed by atoms with Gasteiger partial charge in [-0.2, -0.15) is 0 Å². The Kier molecular flexibility index (Phi) is 3.58. The van der Waals surface area contributed by atoms with Gasteiger partial charge in [-0.1, -0.05) is 6.07 Å². The van der Waals surface area contributed by atoms with Crippen molar-refractivity contribution in [2.75, 3.05) is 18.7 Å². The van der Waals surface area contributed by atoms with Crippen LogP contribution in [0.2, 0.25) is 0 Å². The second-order valence-electron chi connectivity index (χ2n) is 4.42. The number of fused-ring (bicyclic) bond motifs is 1. The van der Waals surface area contributed by atoms with Crippen molar-refractivity contribution in [2.24, 2.45) is 0 Å². The summed E-state index contributed by atoms with van der Waals surface area (Å²) in [6.07, 6.45) is 3.48. The fourth-order valence-electron chi connectivity index (χ4n) is 2.00. The van der Waals surface area contributed by atoms with Gasteiger partial charge in [0.15, 0.2) is 11.5 Å². The summed E-state index contributed by atoms with van der Waals surface area (Å²) in [5, 5.41) is 3.20. The molecule has 1 N–H and O–H groups in total. The molecular formula is C15H16N2O3. The third-order valence-corrected chi connectivity index (χ3v) is 2.94. The first-order chi connectivity index (χ1) is 9.85. The van der Waals surface area contributed by atoms with Crippen LogP contribution >= 0.6 is 0 Å². The number of anilines is 1. The van der Waals surface area contributed by atoms with Gasteiger partial charge in [0.05, 0.1) is 18.1 Å². The minimum Gasteiger partial charge on any atom is -0.487 e. The zero-order valence-electron chi connectivity index (χ0n) is 11.3. The van der Waals surface area contributed by atoms with Crippen molar-refractivity contribution in [3.8, 4) is 17.2 Å². The van der Waals surface area contributed by atoms with Gasteiger partial charge in [-0.05, 0) is 24.6 Å². The Labute approximate surface area is 117 Å². The Morgan fingerprint density at radius 1 is 1.20 bits per heavy atom. The van der Waals surface area contributed by atoms with E-state index in [1.54, 1.807) is 12.4 Å². The standard InChI is InChI=1S/C15H16N2O3/c1-2-17-12-6-13(8-16-7-12)18-9-11-3-4-14-15(5-11)20-10-19-14/h3-8,17H,2,9-10H2,1H3. The normalized spacial score (nSPS) is 12.2. The smallest absolute Gasteiger partial charge is 0.231 e. The van der Waals surface area contributed by atoms with Crippen LogP contribution in [-0.4, -0.2) is 18.3 Å². The first-order valence-electron chi connectivity index (χ1n) is 6.55. The lowest BCUT2D eigenvalue weighted by Crippen LogP contribution is -1.99. The van der Waals surface area contributed by atoms with Gasteiger partial charge in [-0.15, -0.1) is 0 Å². The van der Waals surface area contributed by atoms with Gasteiger partial charge < -0.3 is 19.5 Å². The molecule has 1 aromatic carbocycles. The molecule has 5 heteroatoms. The molecular weight excluding hydrogens is 256 g/mol. The van der Waals surface area contributed by atoms with E-state index in [1.807, 2.05) is 31.2 Å². The zero-order chi connectivity index (χ0) is 13.8. The number of nitrogens with zero attached hydrogens (tertiary/aromatic N) is 1. The highest BCUT2D eigenvalue weighted by Crippen LogP contribution is 2.32. The molecule has 0 saturated heterocycles. The topological polar surface area (TPSA) is 52.6 Å². The van der Waals surface area contributed by atoms with E-state index in [0.717, 1.165) is 35.0 Å². The fourth-order valence-corrected chi connectivity index (χ4v) is 2.00. The predicted octanol–water partition coefficient (Wildman–Crippen LogP) is 2.82. The SMILES string of the molecule is CCNc1cncc(OCc2ccc3c(c2)OCO3)c1. The zero-order valence-corrected chi connectivity index (χ0v) is 11.3. The van der Waals surface area contributed by atoms with Gasteiger partial charge in [0.1, 0.15) is 12.4 Å². The second-order valence-corrected chi connectivity index (χ2v) is 4.42. The molecule has 0 amide bonds. The number of hydrogen-bond acceptors (Lipinski definition) is 5. The van der Waals surface area contributed by atoms with Crippen LogP contribution in [0, 0.1) is 0 Å². The van der Waals surface area contributed by atoms with Gasteiger partial charge in [0, 0.05) is 12.6 Å². The van der Waals surface area contributed by atoms with E-state index in [4.69, 9.17) is 14.2 Å². The summed E-state index contributed by atoms with van der Waals surface area (Å²) in [5.41, 5.74) is 1.98. The summed E-state index contributed by atoms with van der Waals surface area (Å²) in [6.45, 7) is 3.65. The summed E-state index contributed by atoms with van der Waals surface area (Å²) in [7, 11) is 0. The first kappa shape index (κ1) is 12.6. The Morgan fingerprint density at radius 3 is 3.00 bits per heavy atom. The number of pyridine rings is 1. The van der Waals surface area contributed by atoms with E-state index < -0.39 is 0 Å². The predicted molar refractivity (Wildman–Crippen MR) is 75.3 cm³/mol. The molecule has 0 radical (unpaired) electrons. The Bertz CT molecular complexity index is 601. The molecule has 3 rings (SSSR count). The lowest BCUT2D eigenvalue weighted by Gasteiger charge is -2.08. The van der Waals surface area contributed by atoms with Crippen molar-refractivity contribution in [1.29, 1.82) is 0 Å². The van der Waals surface area contributed by atoms with Crippen molar-refractivity contribution in [3.05, 3.63) is 42.2 Å². The van der Waals surface area contributed by atoms with Crippen LogP contribution in [0.25, 0.3) is 0 Å². The van der Waals surface area contributed by atoms with Crippen LogP contribution < -0.4 is 19.5 Å². The van der Waals surface area contributed by atoms with Crippen molar-refractivity contribution >= 4 is 5.69 Å². The van der Waals surface area contributed by atoms with Crippen LogP contribution in [-0.2, 0) is 6.61 Å². The van der Waals surface area contributed by atoms with Gasteiger partial charge in [-0.25, -0.2) is 0 Å². The largest absolute Gasteiger partial charge is 0.487 e. The van der Waals surface area contributed by atoms with E-state index >= 15 is 0 Å². The summed E-state index contributed by atoms with van der Waals surface area (Å²) in [6, 6.07) is 7.73. The molecule has 0 fully saturated rings. The molecule has 1 aliphatic rings. The van der Waals surface area contributed by atoms with Crippen LogP contribution in [0.5, 0.6) is 17.2 Å². The summed E-state index contributed by atoms with van der Waals surface area (Å²) < 4.78 is 16.4. The molecule has 1 aliphatic heterocycles. The first-order valence-corrected chi connectivity index (χ1v) is 6.55. The van der Waals surface area contributed by atoms with Crippen molar-refractivity contribution in [3.63, 3.8) is 0 Å². The minimum absolute atomic E-state index is 0.286. The lowest BCUT2D eigenvalue weighted by atomic mass is 10.2. The summed E-state index contributed by atoms with van der Waals surface area (Å²) in [5.74, 6) is 2.29.